The van der Waals surface area contributed by atoms with Crippen LogP contribution in [-0.2, 0) is 4.74 Å². The molecule has 0 aromatic carbocycles. The van der Waals surface area contributed by atoms with Gasteiger partial charge in [0.05, 0.1) is 12.7 Å². The topological polar surface area (TPSA) is 101 Å². The maximum Gasteiger partial charge on any atom is 0.272 e. The van der Waals surface area contributed by atoms with Gasteiger partial charge in [0.2, 0.25) is 0 Å². The third-order valence-corrected chi connectivity index (χ3v) is 2.61. The van der Waals surface area contributed by atoms with Crippen molar-refractivity contribution in [3.05, 3.63) is 29.6 Å². The lowest BCUT2D eigenvalue weighted by Gasteiger charge is -2.17. The Labute approximate surface area is 118 Å². The Morgan fingerprint density at radius 3 is 2.75 bits per heavy atom. The summed E-state index contributed by atoms with van der Waals surface area (Å²) in [4.78, 5) is 17.6. The van der Waals surface area contributed by atoms with Gasteiger partial charge in [-0.3, -0.25) is 9.78 Å². The Kier molecular flexibility index (Phi) is 5.92. The Morgan fingerprint density at radius 1 is 1.55 bits per heavy atom. The number of nitrogens with zero attached hydrogens (tertiary/aromatic N) is 3. The number of aromatic nitrogens is 1. The molecule has 1 heterocycles. The molecular weight excluding hydrogens is 260 g/mol. The smallest absolute Gasteiger partial charge is 0.272 e. The number of carbonyl (C=O) groups excluding carboxylic acids is 1. The Balaban J connectivity index is 2.63. The monoisotopic (exact) mass is 280 g/mol. The molecule has 110 valence electrons. The summed E-state index contributed by atoms with van der Waals surface area (Å²) in [6.07, 6.45) is 1.53. The summed E-state index contributed by atoms with van der Waals surface area (Å²) in [6, 6.07) is 3.11. The lowest BCUT2D eigenvalue weighted by atomic mass is 10.2. The second kappa shape index (κ2) is 7.44. The third-order valence-electron chi connectivity index (χ3n) is 2.61. The van der Waals surface area contributed by atoms with Crippen LogP contribution in [0.1, 0.15) is 29.9 Å². The SMILES string of the molecule is CC(C)OCCN(C)C(=O)c1ccc(/C(N)=N/O)cn1. The van der Waals surface area contributed by atoms with Crippen molar-refractivity contribution < 1.29 is 14.7 Å². The van der Waals surface area contributed by atoms with Crippen LogP contribution < -0.4 is 5.73 Å². The van der Waals surface area contributed by atoms with Gasteiger partial charge in [0.1, 0.15) is 5.69 Å². The van der Waals surface area contributed by atoms with Crippen LogP contribution in [0.3, 0.4) is 0 Å². The van der Waals surface area contributed by atoms with E-state index in [0.29, 0.717) is 24.4 Å². The van der Waals surface area contributed by atoms with E-state index in [1.54, 1.807) is 13.1 Å². The van der Waals surface area contributed by atoms with Crippen molar-refractivity contribution in [3.8, 4) is 0 Å². The van der Waals surface area contributed by atoms with Gasteiger partial charge in [0.25, 0.3) is 5.91 Å². The van der Waals surface area contributed by atoms with Crippen LogP contribution in [-0.4, -0.2) is 53.1 Å². The third kappa shape index (κ3) is 4.51. The summed E-state index contributed by atoms with van der Waals surface area (Å²) >= 11 is 0. The molecule has 0 spiro atoms. The number of hydrogen-bond donors (Lipinski definition) is 2. The predicted octanol–water partition coefficient (Wildman–Crippen LogP) is 0.673. The van der Waals surface area contributed by atoms with Gasteiger partial charge < -0.3 is 20.6 Å². The van der Waals surface area contributed by atoms with Gasteiger partial charge in [-0.15, -0.1) is 0 Å². The maximum absolute atomic E-state index is 12.1. The summed E-state index contributed by atoms with van der Waals surface area (Å²) in [5, 5.41) is 11.4. The van der Waals surface area contributed by atoms with E-state index in [1.165, 1.54) is 17.2 Å². The highest BCUT2D eigenvalue weighted by Gasteiger charge is 2.13. The number of nitrogens with two attached hydrogens (primary N) is 1. The molecule has 0 unspecified atom stereocenters. The molecule has 1 aromatic heterocycles. The van der Waals surface area contributed by atoms with Gasteiger partial charge >= 0.3 is 0 Å². The number of carbonyl (C=O) groups is 1. The number of oxime groups is 1. The van der Waals surface area contributed by atoms with E-state index in [0.717, 1.165) is 0 Å². The van der Waals surface area contributed by atoms with Crippen molar-refractivity contribution in [1.82, 2.24) is 9.88 Å². The van der Waals surface area contributed by atoms with Crippen molar-refractivity contribution in [1.29, 1.82) is 0 Å². The predicted molar refractivity (Wildman–Crippen MR) is 74.8 cm³/mol. The van der Waals surface area contributed by atoms with Crippen LogP contribution >= 0.6 is 0 Å². The average Bonchev–Trinajstić information content (AvgIpc) is 2.45. The molecule has 0 aliphatic carbocycles. The number of amides is 1. The standard InChI is InChI=1S/C13H20N4O3/c1-9(2)20-7-6-17(3)13(18)11-5-4-10(8-15-11)12(14)16-19/h4-5,8-9,19H,6-7H2,1-3H3,(H2,14,16). The van der Waals surface area contributed by atoms with Crippen LogP contribution in [0.4, 0.5) is 0 Å². The van der Waals surface area contributed by atoms with Crippen LogP contribution in [0.15, 0.2) is 23.5 Å². The zero-order chi connectivity index (χ0) is 15.1. The van der Waals surface area contributed by atoms with Gasteiger partial charge in [-0.25, -0.2) is 0 Å². The summed E-state index contributed by atoms with van der Waals surface area (Å²) < 4.78 is 5.39. The van der Waals surface area contributed by atoms with Gasteiger partial charge in [-0.2, -0.15) is 0 Å². The van der Waals surface area contributed by atoms with Crippen molar-refractivity contribution in [3.63, 3.8) is 0 Å². The normalized spacial score (nSPS) is 11.7. The largest absolute Gasteiger partial charge is 0.409 e. The first-order valence-corrected chi connectivity index (χ1v) is 6.26. The first-order chi connectivity index (χ1) is 9.45. The van der Waals surface area contributed by atoms with Gasteiger partial charge in [0, 0.05) is 25.4 Å². The quantitative estimate of drug-likeness (QED) is 0.345. The molecule has 0 saturated carbocycles. The summed E-state index contributed by atoms with van der Waals surface area (Å²) in [5.41, 5.74) is 6.17. The number of ether oxygens (including phenoxy) is 1. The Hall–Kier alpha value is -2.15. The van der Waals surface area contributed by atoms with E-state index in [1.807, 2.05) is 13.8 Å². The zero-order valence-corrected chi connectivity index (χ0v) is 11.9. The molecule has 1 rings (SSSR count). The fourth-order valence-corrected chi connectivity index (χ4v) is 1.45. The number of pyridine rings is 1. The molecule has 7 nitrogen and oxygen atoms in total. The second-order valence-electron chi connectivity index (χ2n) is 4.56. The summed E-state index contributed by atoms with van der Waals surface area (Å²) in [5.74, 6) is -0.251. The van der Waals surface area contributed by atoms with Gasteiger partial charge in [-0.1, -0.05) is 5.16 Å². The molecule has 7 heteroatoms. The Bertz CT molecular complexity index is 471. The minimum Gasteiger partial charge on any atom is -0.409 e. The lowest BCUT2D eigenvalue weighted by molar-refractivity contribution is 0.0529. The van der Waals surface area contributed by atoms with Crippen LogP contribution in [0, 0.1) is 0 Å². The van der Waals surface area contributed by atoms with Gasteiger partial charge in [0.15, 0.2) is 5.84 Å². The molecular formula is C13H20N4O3. The first kappa shape index (κ1) is 15.9. The molecule has 0 aliphatic rings. The van der Waals surface area contributed by atoms with Crippen LogP contribution in [0.5, 0.6) is 0 Å². The van der Waals surface area contributed by atoms with E-state index in [2.05, 4.69) is 10.1 Å². The molecule has 1 aromatic rings. The van der Waals surface area contributed by atoms with E-state index in [4.69, 9.17) is 15.7 Å². The van der Waals surface area contributed by atoms with E-state index in [9.17, 15) is 4.79 Å². The maximum atomic E-state index is 12.1. The van der Waals surface area contributed by atoms with Crippen molar-refractivity contribution in [2.24, 2.45) is 10.9 Å². The molecule has 0 fully saturated rings. The van der Waals surface area contributed by atoms with E-state index in [-0.39, 0.29) is 17.8 Å². The molecule has 1 amide bonds. The highest BCUT2D eigenvalue weighted by molar-refractivity contribution is 5.98. The van der Waals surface area contributed by atoms with Crippen molar-refractivity contribution in [2.45, 2.75) is 20.0 Å². The number of likely N-dealkylation sites (N-methyl/N-ethyl adjacent to an activating group) is 1. The second-order valence-corrected chi connectivity index (χ2v) is 4.56. The minimum atomic E-state index is -0.205. The average molecular weight is 280 g/mol. The summed E-state index contributed by atoms with van der Waals surface area (Å²) in [7, 11) is 1.69. The van der Waals surface area contributed by atoms with Crippen molar-refractivity contribution >= 4 is 11.7 Å². The molecule has 0 radical (unpaired) electrons. The fraction of sp³-hybridized carbons (Fsp3) is 0.462. The van der Waals surface area contributed by atoms with Crippen LogP contribution in [0.2, 0.25) is 0 Å². The molecule has 0 bridgehead atoms. The Morgan fingerprint density at radius 2 is 2.25 bits per heavy atom. The van der Waals surface area contributed by atoms with Gasteiger partial charge in [-0.05, 0) is 26.0 Å². The minimum absolute atomic E-state index is 0.0461. The number of hydrogen-bond acceptors (Lipinski definition) is 5. The van der Waals surface area contributed by atoms with Crippen molar-refractivity contribution in [2.75, 3.05) is 20.2 Å². The highest BCUT2D eigenvalue weighted by atomic mass is 16.5. The fourth-order valence-electron chi connectivity index (χ4n) is 1.45. The summed E-state index contributed by atoms with van der Waals surface area (Å²) in [6.45, 7) is 4.84. The van der Waals surface area contributed by atoms with Crippen LogP contribution in [0.25, 0.3) is 0 Å². The zero-order valence-electron chi connectivity index (χ0n) is 11.9. The molecule has 0 aliphatic heterocycles. The molecule has 20 heavy (non-hydrogen) atoms. The lowest BCUT2D eigenvalue weighted by Crippen LogP contribution is -2.31. The number of rotatable bonds is 6. The molecule has 0 atom stereocenters. The molecule has 0 saturated heterocycles. The molecule has 3 N–H and O–H groups in total. The number of amidine groups is 1. The van der Waals surface area contributed by atoms with E-state index >= 15 is 0 Å². The highest BCUT2D eigenvalue weighted by Crippen LogP contribution is 2.03. The van der Waals surface area contributed by atoms with E-state index < -0.39 is 0 Å². The first-order valence-electron chi connectivity index (χ1n) is 6.26.